The molecule has 110 valence electrons. The number of amides is 1. The van der Waals surface area contributed by atoms with E-state index in [4.69, 9.17) is 9.84 Å². The van der Waals surface area contributed by atoms with E-state index in [0.717, 1.165) is 0 Å². The molecule has 1 aromatic heterocycles. The van der Waals surface area contributed by atoms with Gasteiger partial charge in [0.2, 0.25) is 0 Å². The highest BCUT2D eigenvalue weighted by Crippen LogP contribution is 2.21. The van der Waals surface area contributed by atoms with E-state index in [-0.39, 0.29) is 17.7 Å². The molecule has 1 aliphatic rings. The van der Waals surface area contributed by atoms with E-state index in [2.05, 4.69) is 5.10 Å². The highest BCUT2D eigenvalue weighted by Gasteiger charge is 2.34. The van der Waals surface area contributed by atoms with E-state index in [1.165, 1.54) is 16.9 Å². The largest absolute Gasteiger partial charge is 0.477 e. The van der Waals surface area contributed by atoms with Crippen molar-refractivity contribution in [1.82, 2.24) is 14.7 Å². The van der Waals surface area contributed by atoms with E-state index >= 15 is 0 Å². The summed E-state index contributed by atoms with van der Waals surface area (Å²) in [6.07, 6.45) is 1.14. The number of hydrogen-bond donors (Lipinski definition) is 1. The van der Waals surface area contributed by atoms with Gasteiger partial charge in [-0.15, -0.1) is 0 Å². The number of hydrogen-bond acceptors (Lipinski definition) is 4. The second-order valence-electron chi connectivity index (χ2n) is 5.96. The van der Waals surface area contributed by atoms with E-state index in [0.29, 0.717) is 19.6 Å². The van der Waals surface area contributed by atoms with Crippen LogP contribution >= 0.6 is 0 Å². The quantitative estimate of drug-likeness (QED) is 0.906. The molecule has 0 spiro atoms. The molecule has 1 amide bonds. The number of carboxylic acid groups (broad SMARTS) is 1. The third-order valence-corrected chi connectivity index (χ3v) is 2.98. The minimum Gasteiger partial charge on any atom is -0.477 e. The lowest BCUT2D eigenvalue weighted by Crippen LogP contribution is -2.53. The van der Waals surface area contributed by atoms with Crippen LogP contribution in [0.1, 0.15) is 31.3 Å². The second-order valence-corrected chi connectivity index (χ2v) is 5.96. The van der Waals surface area contributed by atoms with Gasteiger partial charge >= 0.3 is 12.1 Å². The Labute approximate surface area is 117 Å². The number of carboxylic acids is 1. The lowest BCUT2D eigenvalue weighted by molar-refractivity contribution is -0.00409. The fourth-order valence-corrected chi connectivity index (χ4v) is 2.07. The SMILES string of the molecule is CC(C)(C)OC(=O)N1CC(Cn2nccc2C(=O)O)C1. The van der Waals surface area contributed by atoms with E-state index < -0.39 is 11.6 Å². The first-order valence-electron chi connectivity index (χ1n) is 6.49. The molecule has 1 saturated heterocycles. The first-order chi connectivity index (χ1) is 9.26. The predicted octanol–water partition coefficient (Wildman–Crippen LogP) is 1.45. The van der Waals surface area contributed by atoms with Crippen molar-refractivity contribution in [2.24, 2.45) is 5.92 Å². The van der Waals surface area contributed by atoms with Crippen LogP contribution in [0, 0.1) is 5.92 Å². The summed E-state index contributed by atoms with van der Waals surface area (Å²) < 4.78 is 6.72. The average molecular weight is 281 g/mol. The Morgan fingerprint density at radius 1 is 1.45 bits per heavy atom. The summed E-state index contributed by atoms with van der Waals surface area (Å²) >= 11 is 0. The van der Waals surface area contributed by atoms with Gasteiger partial charge in [0.15, 0.2) is 0 Å². The van der Waals surface area contributed by atoms with Gasteiger partial charge in [-0.05, 0) is 26.8 Å². The molecular weight excluding hydrogens is 262 g/mol. The number of rotatable bonds is 3. The van der Waals surface area contributed by atoms with Crippen molar-refractivity contribution in [3.63, 3.8) is 0 Å². The number of carbonyl (C=O) groups excluding carboxylic acids is 1. The summed E-state index contributed by atoms with van der Waals surface area (Å²) in [5, 5.41) is 13.0. The predicted molar refractivity (Wildman–Crippen MR) is 70.5 cm³/mol. The van der Waals surface area contributed by atoms with Crippen LogP contribution in [0.3, 0.4) is 0 Å². The molecule has 2 rings (SSSR count). The van der Waals surface area contributed by atoms with Crippen molar-refractivity contribution < 1.29 is 19.4 Å². The Bertz CT molecular complexity index is 512. The number of nitrogens with zero attached hydrogens (tertiary/aromatic N) is 3. The van der Waals surface area contributed by atoms with Crippen LogP contribution in [-0.4, -0.2) is 50.5 Å². The topological polar surface area (TPSA) is 84.7 Å². The highest BCUT2D eigenvalue weighted by molar-refractivity contribution is 5.85. The molecule has 0 saturated carbocycles. The first kappa shape index (κ1) is 14.4. The summed E-state index contributed by atoms with van der Waals surface area (Å²) in [6.45, 7) is 7.09. The summed E-state index contributed by atoms with van der Waals surface area (Å²) in [7, 11) is 0. The third kappa shape index (κ3) is 3.28. The van der Waals surface area contributed by atoms with E-state index in [1.54, 1.807) is 4.90 Å². The Balaban J connectivity index is 1.84. The number of carbonyl (C=O) groups is 2. The van der Waals surface area contributed by atoms with Crippen molar-refractivity contribution >= 4 is 12.1 Å². The molecule has 1 aromatic rings. The van der Waals surface area contributed by atoms with Gasteiger partial charge in [-0.25, -0.2) is 9.59 Å². The molecule has 0 atom stereocenters. The van der Waals surface area contributed by atoms with Crippen molar-refractivity contribution in [3.05, 3.63) is 18.0 Å². The second kappa shape index (κ2) is 5.15. The molecular formula is C13H19N3O4. The molecule has 0 radical (unpaired) electrons. The minimum absolute atomic E-state index is 0.167. The van der Waals surface area contributed by atoms with Gasteiger partial charge in [-0.3, -0.25) is 4.68 Å². The van der Waals surface area contributed by atoms with Gasteiger partial charge in [0.25, 0.3) is 0 Å². The van der Waals surface area contributed by atoms with Crippen LogP contribution in [0.15, 0.2) is 12.3 Å². The normalized spacial score (nSPS) is 15.8. The maximum atomic E-state index is 11.8. The zero-order valence-corrected chi connectivity index (χ0v) is 11.9. The number of aromatic carboxylic acids is 1. The zero-order valence-electron chi connectivity index (χ0n) is 11.9. The number of likely N-dealkylation sites (tertiary alicyclic amines) is 1. The van der Waals surface area contributed by atoms with E-state index in [9.17, 15) is 9.59 Å². The van der Waals surface area contributed by atoms with E-state index in [1.807, 2.05) is 20.8 Å². The van der Waals surface area contributed by atoms with Gasteiger partial charge in [-0.1, -0.05) is 0 Å². The molecule has 0 bridgehead atoms. The van der Waals surface area contributed by atoms with Crippen LogP contribution in [0.25, 0.3) is 0 Å². The van der Waals surface area contributed by atoms with Gasteiger partial charge in [0, 0.05) is 31.7 Å². The molecule has 2 heterocycles. The summed E-state index contributed by atoms with van der Waals surface area (Å²) in [5.41, 5.74) is -0.332. The molecule has 0 aromatic carbocycles. The van der Waals surface area contributed by atoms with Crippen molar-refractivity contribution in [2.45, 2.75) is 32.9 Å². The Morgan fingerprint density at radius 3 is 2.65 bits per heavy atom. The molecule has 20 heavy (non-hydrogen) atoms. The first-order valence-corrected chi connectivity index (χ1v) is 6.49. The smallest absolute Gasteiger partial charge is 0.410 e. The van der Waals surface area contributed by atoms with Gasteiger partial charge in [0.1, 0.15) is 11.3 Å². The van der Waals surface area contributed by atoms with Crippen molar-refractivity contribution in [1.29, 1.82) is 0 Å². The number of ether oxygens (including phenoxy) is 1. The van der Waals surface area contributed by atoms with Crippen LogP contribution in [-0.2, 0) is 11.3 Å². The summed E-state index contributed by atoms with van der Waals surface area (Å²) in [4.78, 5) is 24.3. The standard InChI is InChI=1S/C13H19N3O4/c1-13(2,3)20-12(19)15-6-9(7-15)8-16-10(11(17)18)4-5-14-16/h4-5,9H,6-8H2,1-3H3,(H,17,18). The molecule has 1 N–H and O–H groups in total. The molecule has 0 unspecified atom stereocenters. The monoisotopic (exact) mass is 281 g/mol. The maximum Gasteiger partial charge on any atom is 0.410 e. The molecule has 7 nitrogen and oxygen atoms in total. The Kier molecular flexibility index (Phi) is 3.69. The summed E-state index contributed by atoms with van der Waals surface area (Å²) in [6, 6.07) is 1.46. The molecule has 1 fully saturated rings. The van der Waals surface area contributed by atoms with Gasteiger partial charge < -0.3 is 14.7 Å². The van der Waals surface area contributed by atoms with Crippen LogP contribution < -0.4 is 0 Å². The van der Waals surface area contributed by atoms with Gasteiger partial charge in [-0.2, -0.15) is 5.10 Å². The number of aromatic nitrogens is 2. The molecule has 1 aliphatic heterocycles. The van der Waals surface area contributed by atoms with Gasteiger partial charge in [0.05, 0.1) is 0 Å². The fourth-order valence-electron chi connectivity index (χ4n) is 2.07. The van der Waals surface area contributed by atoms with Crippen LogP contribution in [0.2, 0.25) is 0 Å². The highest BCUT2D eigenvalue weighted by atomic mass is 16.6. The Hall–Kier alpha value is -2.05. The molecule has 7 heteroatoms. The lowest BCUT2D eigenvalue weighted by atomic mass is 10.0. The average Bonchev–Trinajstić information content (AvgIpc) is 2.67. The lowest BCUT2D eigenvalue weighted by Gasteiger charge is -2.39. The maximum absolute atomic E-state index is 11.8. The van der Waals surface area contributed by atoms with Crippen LogP contribution in [0.4, 0.5) is 4.79 Å². The molecule has 0 aliphatic carbocycles. The summed E-state index contributed by atoms with van der Waals surface area (Å²) in [5.74, 6) is -0.786. The Morgan fingerprint density at radius 2 is 2.10 bits per heavy atom. The van der Waals surface area contributed by atoms with Crippen molar-refractivity contribution in [3.8, 4) is 0 Å². The third-order valence-electron chi connectivity index (χ3n) is 2.98. The van der Waals surface area contributed by atoms with Crippen molar-refractivity contribution in [2.75, 3.05) is 13.1 Å². The fraction of sp³-hybridized carbons (Fsp3) is 0.615. The zero-order chi connectivity index (χ0) is 14.9. The van der Waals surface area contributed by atoms with Crippen LogP contribution in [0.5, 0.6) is 0 Å². The minimum atomic E-state index is -0.995.